The van der Waals surface area contributed by atoms with E-state index < -0.39 is 0 Å². The van der Waals surface area contributed by atoms with Crippen LogP contribution in [-0.4, -0.2) is 48.3 Å². The van der Waals surface area contributed by atoms with Crippen molar-refractivity contribution in [1.82, 2.24) is 4.90 Å². The van der Waals surface area contributed by atoms with Gasteiger partial charge >= 0.3 is 5.97 Å². The van der Waals surface area contributed by atoms with Crippen LogP contribution < -0.4 is 0 Å². The molecule has 0 spiro atoms. The van der Waals surface area contributed by atoms with Gasteiger partial charge in [-0.25, -0.2) is 0 Å². The zero-order valence-corrected chi connectivity index (χ0v) is 12.4. The van der Waals surface area contributed by atoms with E-state index in [1.807, 2.05) is 37.3 Å². The smallest absolute Gasteiger partial charge is 0.313 e. The SMILES string of the molecule is CC(C(=O)OC1CC2C3OC3C(C1)N2C)c1ccccc1. The standard InChI is InChI=1S/C17H21NO3/c1-10(11-6-4-3-5-7-11)17(19)20-12-8-13-15-16(21-15)14(9-12)18(13)2/h3-7,10,12-16H,8-9H2,1-2H3. The molecule has 0 aliphatic carbocycles. The Morgan fingerprint density at radius 2 is 1.86 bits per heavy atom. The van der Waals surface area contributed by atoms with Crippen molar-refractivity contribution in [2.45, 2.75) is 56.1 Å². The molecule has 4 heteroatoms. The lowest BCUT2D eigenvalue weighted by Crippen LogP contribution is -2.48. The number of carbonyl (C=O) groups is 1. The normalized spacial score (nSPS) is 38.7. The zero-order chi connectivity index (χ0) is 14.6. The molecule has 3 heterocycles. The fraction of sp³-hybridized carbons (Fsp3) is 0.588. The second-order valence-electron chi connectivity index (χ2n) is 6.53. The van der Waals surface area contributed by atoms with Crippen LogP contribution in [0.15, 0.2) is 30.3 Å². The van der Waals surface area contributed by atoms with Gasteiger partial charge in [0.15, 0.2) is 0 Å². The van der Waals surface area contributed by atoms with Crippen LogP contribution in [0.5, 0.6) is 0 Å². The van der Waals surface area contributed by atoms with Crippen LogP contribution in [0.25, 0.3) is 0 Å². The maximum atomic E-state index is 12.4. The fourth-order valence-corrected chi connectivity index (χ4v) is 3.94. The summed E-state index contributed by atoms with van der Waals surface area (Å²) in [4.78, 5) is 14.8. The van der Waals surface area contributed by atoms with E-state index in [4.69, 9.17) is 9.47 Å². The first-order valence-electron chi connectivity index (χ1n) is 7.78. The molecule has 0 N–H and O–H groups in total. The van der Waals surface area contributed by atoms with Crippen LogP contribution in [-0.2, 0) is 14.3 Å². The highest BCUT2D eigenvalue weighted by atomic mass is 16.6. The molecule has 3 fully saturated rings. The number of hydrogen-bond donors (Lipinski definition) is 0. The Bertz CT molecular complexity index is 528. The van der Waals surface area contributed by atoms with E-state index >= 15 is 0 Å². The number of fused-ring (bicyclic) bond motifs is 5. The highest BCUT2D eigenvalue weighted by molar-refractivity contribution is 5.77. The third-order valence-electron chi connectivity index (χ3n) is 5.31. The molecule has 112 valence electrons. The number of piperidine rings is 1. The van der Waals surface area contributed by atoms with E-state index in [1.54, 1.807) is 0 Å². The molecule has 1 aromatic carbocycles. The fourth-order valence-electron chi connectivity index (χ4n) is 3.94. The maximum Gasteiger partial charge on any atom is 0.313 e. The molecule has 5 unspecified atom stereocenters. The van der Waals surface area contributed by atoms with Crippen molar-refractivity contribution in [2.24, 2.45) is 0 Å². The van der Waals surface area contributed by atoms with Crippen molar-refractivity contribution >= 4 is 5.97 Å². The highest BCUT2D eigenvalue weighted by Crippen LogP contribution is 2.48. The van der Waals surface area contributed by atoms with E-state index in [0.29, 0.717) is 24.3 Å². The predicted molar refractivity (Wildman–Crippen MR) is 78.0 cm³/mol. The van der Waals surface area contributed by atoms with E-state index in [9.17, 15) is 4.79 Å². The Morgan fingerprint density at radius 1 is 1.24 bits per heavy atom. The van der Waals surface area contributed by atoms with Gasteiger partial charge < -0.3 is 9.47 Å². The number of epoxide rings is 1. The van der Waals surface area contributed by atoms with Crippen LogP contribution >= 0.6 is 0 Å². The van der Waals surface area contributed by atoms with Crippen LogP contribution in [0.2, 0.25) is 0 Å². The Morgan fingerprint density at radius 3 is 2.48 bits per heavy atom. The van der Waals surface area contributed by atoms with Gasteiger partial charge in [0.05, 0.1) is 5.92 Å². The molecule has 1 aromatic rings. The Balaban J connectivity index is 1.40. The second kappa shape index (κ2) is 4.82. The third kappa shape index (κ3) is 2.17. The average Bonchev–Trinajstić information content (AvgIpc) is 3.25. The summed E-state index contributed by atoms with van der Waals surface area (Å²) >= 11 is 0. The molecular formula is C17H21NO3. The number of morpholine rings is 1. The third-order valence-corrected chi connectivity index (χ3v) is 5.31. The summed E-state index contributed by atoms with van der Waals surface area (Å²) in [5.74, 6) is -0.306. The number of nitrogens with zero attached hydrogens (tertiary/aromatic N) is 1. The second-order valence-corrected chi connectivity index (χ2v) is 6.53. The largest absolute Gasteiger partial charge is 0.462 e. The van der Waals surface area contributed by atoms with Crippen molar-refractivity contribution < 1.29 is 14.3 Å². The van der Waals surface area contributed by atoms with Crippen molar-refractivity contribution in [1.29, 1.82) is 0 Å². The van der Waals surface area contributed by atoms with Crippen molar-refractivity contribution in [3.8, 4) is 0 Å². The van der Waals surface area contributed by atoms with Gasteiger partial charge in [0.25, 0.3) is 0 Å². The first-order chi connectivity index (χ1) is 10.1. The van der Waals surface area contributed by atoms with Gasteiger partial charge in [-0.15, -0.1) is 0 Å². The average molecular weight is 287 g/mol. The topological polar surface area (TPSA) is 42.1 Å². The summed E-state index contributed by atoms with van der Waals surface area (Å²) in [6, 6.07) is 10.7. The number of benzene rings is 1. The van der Waals surface area contributed by atoms with Gasteiger partial charge in [0.1, 0.15) is 18.3 Å². The molecule has 3 saturated heterocycles. The van der Waals surface area contributed by atoms with Gasteiger partial charge in [0, 0.05) is 24.9 Å². The molecule has 4 rings (SSSR count). The van der Waals surface area contributed by atoms with Crippen molar-refractivity contribution in [3.63, 3.8) is 0 Å². The van der Waals surface area contributed by atoms with Gasteiger partial charge in [0.2, 0.25) is 0 Å². The van der Waals surface area contributed by atoms with E-state index in [2.05, 4.69) is 11.9 Å². The molecule has 0 aromatic heterocycles. The number of likely N-dealkylation sites (N-methyl/N-ethyl adjacent to an activating group) is 1. The highest BCUT2D eigenvalue weighted by Gasteiger charge is 2.62. The number of hydrogen-bond acceptors (Lipinski definition) is 4. The minimum atomic E-state index is -0.200. The summed E-state index contributed by atoms with van der Waals surface area (Å²) in [6.45, 7) is 1.92. The lowest BCUT2D eigenvalue weighted by Gasteiger charge is -2.38. The summed E-state index contributed by atoms with van der Waals surface area (Å²) in [5, 5.41) is 0. The van der Waals surface area contributed by atoms with E-state index in [-0.39, 0.29) is 18.0 Å². The molecule has 0 saturated carbocycles. The Labute approximate surface area is 125 Å². The molecule has 2 bridgehead atoms. The Hall–Kier alpha value is -1.39. The minimum absolute atomic E-state index is 0.0475. The lowest BCUT2D eigenvalue weighted by atomic mass is 9.98. The summed E-state index contributed by atoms with van der Waals surface area (Å²) in [6.07, 6.45) is 2.62. The number of ether oxygens (including phenoxy) is 2. The quantitative estimate of drug-likeness (QED) is 0.629. The van der Waals surface area contributed by atoms with E-state index in [0.717, 1.165) is 18.4 Å². The van der Waals surface area contributed by atoms with Gasteiger partial charge in [-0.2, -0.15) is 0 Å². The molecule has 5 atom stereocenters. The molecule has 3 aliphatic rings. The Kier molecular flexibility index (Phi) is 3.05. The molecule has 3 aliphatic heterocycles. The van der Waals surface area contributed by atoms with Crippen molar-refractivity contribution in [2.75, 3.05) is 7.05 Å². The first-order valence-corrected chi connectivity index (χ1v) is 7.78. The first kappa shape index (κ1) is 13.3. The van der Waals surface area contributed by atoms with Gasteiger partial charge in [-0.3, -0.25) is 9.69 Å². The monoisotopic (exact) mass is 287 g/mol. The number of carbonyl (C=O) groups excluding carboxylic acids is 1. The van der Waals surface area contributed by atoms with E-state index in [1.165, 1.54) is 0 Å². The molecular weight excluding hydrogens is 266 g/mol. The molecule has 0 radical (unpaired) electrons. The van der Waals surface area contributed by atoms with Crippen LogP contribution in [0.3, 0.4) is 0 Å². The lowest BCUT2D eigenvalue weighted by molar-refractivity contribution is -0.155. The van der Waals surface area contributed by atoms with Crippen molar-refractivity contribution in [3.05, 3.63) is 35.9 Å². The van der Waals surface area contributed by atoms with Crippen LogP contribution in [0.1, 0.15) is 31.2 Å². The summed E-state index contributed by atoms with van der Waals surface area (Å²) < 4.78 is 11.5. The zero-order valence-electron chi connectivity index (χ0n) is 12.4. The number of esters is 1. The summed E-state index contributed by atoms with van der Waals surface area (Å²) in [7, 11) is 2.16. The summed E-state index contributed by atoms with van der Waals surface area (Å²) in [5.41, 5.74) is 1.02. The van der Waals surface area contributed by atoms with Gasteiger partial charge in [-0.1, -0.05) is 30.3 Å². The van der Waals surface area contributed by atoms with Gasteiger partial charge in [-0.05, 0) is 19.5 Å². The van der Waals surface area contributed by atoms with Crippen LogP contribution in [0, 0.1) is 0 Å². The van der Waals surface area contributed by atoms with Crippen LogP contribution in [0.4, 0.5) is 0 Å². The molecule has 0 amide bonds. The predicted octanol–water partition coefficient (Wildman–Crippen LogP) is 1.95. The minimum Gasteiger partial charge on any atom is -0.462 e. The number of rotatable bonds is 3. The maximum absolute atomic E-state index is 12.4. The molecule has 4 nitrogen and oxygen atoms in total. The molecule has 21 heavy (non-hydrogen) atoms.